The molecule has 0 bridgehead atoms. The van der Waals surface area contributed by atoms with Gasteiger partial charge in [-0.05, 0) is 60.8 Å². The summed E-state index contributed by atoms with van der Waals surface area (Å²) >= 11 is 0. The van der Waals surface area contributed by atoms with Crippen LogP contribution >= 0.6 is 0 Å². The third kappa shape index (κ3) is 25.2. The Bertz CT molecular complexity index is 1130. The van der Waals surface area contributed by atoms with Crippen LogP contribution in [0.4, 0.5) is 0 Å². The summed E-state index contributed by atoms with van der Waals surface area (Å²) in [6.45, 7) is 16.3. The van der Waals surface area contributed by atoms with Crippen molar-refractivity contribution in [1.29, 1.82) is 0 Å². The van der Waals surface area contributed by atoms with E-state index in [2.05, 4.69) is 17.6 Å². The zero-order valence-electron chi connectivity index (χ0n) is 34.3. The normalized spacial score (nSPS) is 14.1. The largest absolute Gasteiger partial charge is 0.458 e. The summed E-state index contributed by atoms with van der Waals surface area (Å²) in [6.07, 6.45) is 14.5. The van der Waals surface area contributed by atoms with Crippen LogP contribution in [0, 0.1) is 0 Å². The molecule has 2 atom stereocenters. The molecule has 0 aromatic rings. The maximum atomic E-state index is 13.0. The van der Waals surface area contributed by atoms with Gasteiger partial charge in [-0.3, -0.25) is 19.2 Å². The molecular formula is C40H71N3O10. The second-order valence-corrected chi connectivity index (χ2v) is 15.4. The van der Waals surface area contributed by atoms with Crippen LogP contribution < -0.4 is 10.6 Å². The minimum Gasteiger partial charge on any atom is -0.458 e. The second kappa shape index (κ2) is 27.1. The number of nitrogens with one attached hydrogen (secondary N) is 2. The quantitative estimate of drug-likeness (QED) is 0.0546. The molecule has 0 aromatic carbocycles. The monoisotopic (exact) mass is 754 g/mol. The molecule has 0 aromatic heterocycles. The van der Waals surface area contributed by atoms with E-state index in [1.807, 2.05) is 13.8 Å². The van der Waals surface area contributed by atoms with Gasteiger partial charge >= 0.3 is 17.9 Å². The first-order valence-electron chi connectivity index (χ1n) is 20.0. The highest BCUT2D eigenvalue weighted by Crippen LogP contribution is 2.17. The fourth-order valence-corrected chi connectivity index (χ4v) is 5.42. The zero-order chi connectivity index (χ0) is 40.5. The first-order valence-corrected chi connectivity index (χ1v) is 20.0. The van der Waals surface area contributed by atoms with Crippen molar-refractivity contribution in [3.8, 4) is 0 Å². The Kier molecular flexibility index (Phi) is 25.3. The highest BCUT2D eigenvalue weighted by molar-refractivity contribution is 6.01. The molecule has 1 rings (SSSR count). The van der Waals surface area contributed by atoms with Gasteiger partial charge in [0.25, 0.3) is 11.8 Å². The molecule has 1 unspecified atom stereocenters. The summed E-state index contributed by atoms with van der Waals surface area (Å²) in [4.78, 5) is 92.6. The summed E-state index contributed by atoms with van der Waals surface area (Å²) in [6, 6.07) is -2.35. The average Bonchev–Trinajstić information content (AvgIpc) is 3.38. The van der Waals surface area contributed by atoms with Gasteiger partial charge in [0.2, 0.25) is 11.8 Å². The molecular weight excluding hydrogens is 682 g/mol. The Balaban J connectivity index is 0.0000133. The van der Waals surface area contributed by atoms with E-state index in [0.29, 0.717) is 11.5 Å². The number of rotatable bonds is 25. The number of amides is 4. The summed E-state index contributed by atoms with van der Waals surface area (Å²) in [7, 11) is 0. The van der Waals surface area contributed by atoms with Crippen LogP contribution in [0.25, 0.3) is 0 Å². The van der Waals surface area contributed by atoms with E-state index in [4.69, 9.17) is 14.3 Å². The Morgan fingerprint density at radius 1 is 0.585 bits per heavy atom. The molecule has 53 heavy (non-hydrogen) atoms. The predicted octanol–water partition coefficient (Wildman–Crippen LogP) is 7.31. The molecule has 0 spiro atoms. The number of imide groups is 1. The number of hydroxylamine groups is 2. The maximum Gasteiger partial charge on any atom is 0.333 e. The third-order valence-electron chi connectivity index (χ3n) is 8.06. The average molecular weight is 754 g/mol. The highest BCUT2D eigenvalue weighted by atomic mass is 16.7. The van der Waals surface area contributed by atoms with Crippen molar-refractivity contribution in [2.45, 2.75) is 214 Å². The first-order chi connectivity index (χ1) is 24.9. The molecule has 2 N–H and O–H groups in total. The standard InChI is InChI=1S/C38H65N3O10.C2H6/c1-8-9-10-11-12-13-14-15-16-17-18-19-20-21-30(42)39-28(35(47)49-37(2,3)4)22-24-31(43)40-29(36(48)50-38(5,6)7)23-27-34(46)51-41-32(44)25-26-33(41)45;1-2/h28-29H,8-27H2,1-7H3,(H,39,42)(H,40,43);1-2H3/t28?,29-;/m0./s1. The Hall–Kier alpha value is -3.51. The van der Waals surface area contributed by atoms with Crippen molar-refractivity contribution in [2.75, 3.05) is 0 Å². The van der Waals surface area contributed by atoms with Gasteiger partial charge in [0.15, 0.2) is 0 Å². The lowest BCUT2D eigenvalue weighted by atomic mass is 10.0. The van der Waals surface area contributed by atoms with E-state index < -0.39 is 65.3 Å². The van der Waals surface area contributed by atoms with Crippen molar-refractivity contribution in [1.82, 2.24) is 15.7 Å². The fraction of sp³-hybridized carbons (Fsp3) is 0.825. The summed E-state index contributed by atoms with van der Waals surface area (Å²) < 4.78 is 10.9. The lowest BCUT2D eigenvalue weighted by Crippen LogP contribution is -2.47. The predicted molar refractivity (Wildman–Crippen MR) is 203 cm³/mol. The smallest absolute Gasteiger partial charge is 0.333 e. The third-order valence-corrected chi connectivity index (χ3v) is 8.06. The van der Waals surface area contributed by atoms with Crippen LogP contribution in [-0.4, -0.2) is 69.9 Å². The molecule has 0 radical (unpaired) electrons. The van der Waals surface area contributed by atoms with E-state index in [-0.39, 0.29) is 44.4 Å². The van der Waals surface area contributed by atoms with E-state index >= 15 is 0 Å². The van der Waals surface area contributed by atoms with E-state index in [1.165, 1.54) is 57.8 Å². The molecule has 1 aliphatic heterocycles. The van der Waals surface area contributed by atoms with Crippen molar-refractivity contribution in [2.24, 2.45) is 0 Å². The Labute approximate surface area is 318 Å². The second-order valence-electron chi connectivity index (χ2n) is 15.4. The van der Waals surface area contributed by atoms with Gasteiger partial charge in [-0.2, -0.15) is 0 Å². The number of esters is 2. The molecule has 0 saturated carbocycles. The summed E-state index contributed by atoms with van der Waals surface area (Å²) in [5.74, 6) is -4.61. The number of ether oxygens (including phenoxy) is 2. The van der Waals surface area contributed by atoms with E-state index in [0.717, 1.165) is 19.3 Å². The lowest BCUT2D eigenvalue weighted by molar-refractivity contribution is -0.197. The van der Waals surface area contributed by atoms with Gasteiger partial charge < -0.3 is 24.9 Å². The van der Waals surface area contributed by atoms with Crippen molar-refractivity contribution >= 4 is 41.5 Å². The minimum absolute atomic E-state index is 0.0626. The molecule has 1 aliphatic rings. The van der Waals surface area contributed by atoms with Crippen molar-refractivity contribution in [3.05, 3.63) is 0 Å². The SMILES string of the molecule is CC.CCCCCCCCCCCCCCCC(=O)NC(CCC(=O)N[C@@H](CCC(=O)ON1C(=O)CCC1=O)C(=O)OC(C)(C)C)C(=O)OC(C)(C)C. The van der Waals surface area contributed by atoms with Gasteiger partial charge in [0.1, 0.15) is 23.3 Å². The Morgan fingerprint density at radius 3 is 1.34 bits per heavy atom. The van der Waals surface area contributed by atoms with Gasteiger partial charge in [0.05, 0.1) is 6.42 Å². The molecule has 13 nitrogen and oxygen atoms in total. The number of hydrogen-bond acceptors (Lipinski definition) is 10. The molecule has 4 amide bonds. The van der Waals surface area contributed by atoms with Crippen LogP contribution in [0.15, 0.2) is 0 Å². The minimum atomic E-state index is -1.26. The topological polar surface area (TPSA) is 174 Å². The number of nitrogens with zero attached hydrogens (tertiary/aromatic N) is 1. The fourth-order valence-electron chi connectivity index (χ4n) is 5.42. The van der Waals surface area contributed by atoms with E-state index in [9.17, 15) is 33.6 Å². The van der Waals surface area contributed by atoms with Gasteiger partial charge in [0, 0.05) is 25.7 Å². The maximum absolute atomic E-state index is 13.0. The van der Waals surface area contributed by atoms with Crippen molar-refractivity contribution < 1.29 is 47.9 Å². The number of carbonyl (C=O) groups is 7. The molecule has 13 heteroatoms. The zero-order valence-corrected chi connectivity index (χ0v) is 34.3. The van der Waals surface area contributed by atoms with E-state index in [1.54, 1.807) is 41.5 Å². The molecule has 1 saturated heterocycles. The number of unbranched alkanes of at least 4 members (excludes halogenated alkanes) is 12. The summed E-state index contributed by atoms with van der Waals surface area (Å²) in [5.41, 5.74) is -1.72. The highest BCUT2D eigenvalue weighted by Gasteiger charge is 2.34. The molecule has 0 aliphatic carbocycles. The Morgan fingerprint density at radius 2 is 0.943 bits per heavy atom. The lowest BCUT2D eigenvalue weighted by Gasteiger charge is -2.26. The van der Waals surface area contributed by atoms with Crippen LogP contribution in [0.5, 0.6) is 0 Å². The number of hydrogen-bond donors (Lipinski definition) is 2. The van der Waals surface area contributed by atoms with Crippen LogP contribution in [0.2, 0.25) is 0 Å². The van der Waals surface area contributed by atoms with Gasteiger partial charge in [-0.25, -0.2) is 14.4 Å². The van der Waals surface area contributed by atoms with Crippen LogP contribution in [-0.2, 0) is 47.9 Å². The van der Waals surface area contributed by atoms with Crippen molar-refractivity contribution in [3.63, 3.8) is 0 Å². The summed E-state index contributed by atoms with van der Waals surface area (Å²) in [5, 5.41) is 5.68. The van der Waals surface area contributed by atoms with Crippen LogP contribution in [0.3, 0.4) is 0 Å². The number of carbonyl (C=O) groups excluding carboxylic acids is 7. The van der Waals surface area contributed by atoms with Gasteiger partial charge in [-0.1, -0.05) is 97.8 Å². The molecule has 1 heterocycles. The molecule has 306 valence electrons. The molecule has 1 fully saturated rings. The van der Waals surface area contributed by atoms with Crippen LogP contribution in [0.1, 0.15) is 191 Å². The first kappa shape index (κ1) is 49.5. The van der Waals surface area contributed by atoms with Gasteiger partial charge in [-0.15, -0.1) is 5.06 Å².